The Morgan fingerprint density at radius 2 is 1.11 bits per heavy atom. The van der Waals surface area contributed by atoms with Gasteiger partial charge in [0, 0.05) is 0 Å². The molecule has 0 aromatic heterocycles. The van der Waals surface area contributed by atoms with E-state index in [2.05, 4.69) is 52.5 Å². The predicted octanol–water partition coefficient (Wildman–Crippen LogP) is 2.25. The quantitative estimate of drug-likeness (QED) is 0.423. The van der Waals surface area contributed by atoms with Crippen LogP contribution in [0.2, 0.25) is 0 Å². The van der Waals surface area contributed by atoms with E-state index in [4.69, 9.17) is 0 Å². The molecule has 108 valence electrons. The maximum atomic E-state index is 2.33. The summed E-state index contributed by atoms with van der Waals surface area (Å²) in [7, 11) is 4.46. The standard InChI is InChI=1S/C16H32N.ClH/c1-5-7-9-11-13-15-17(3,4)16-14-12-10-8-6-2;/h13-16H,5-12H2,1-4H3;1H/q+1;/p-1. The number of hydrogen-bond acceptors (Lipinski definition) is 0. The fourth-order valence-electron chi connectivity index (χ4n) is 1.77. The number of quaternary nitrogens is 1. The van der Waals surface area contributed by atoms with Gasteiger partial charge in [-0.2, -0.15) is 0 Å². The van der Waals surface area contributed by atoms with Crippen LogP contribution in [-0.2, 0) is 0 Å². The average Bonchev–Trinajstić information content (AvgIpc) is 2.28. The van der Waals surface area contributed by atoms with E-state index in [1.54, 1.807) is 0 Å². The Labute approximate surface area is 121 Å². The zero-order valence-corrected chi connectivity index (χ0v) is 13.5. The van der Waals surface area contributed by atoms with E-state index in [-0.39, 0.29) is 12.4 Å². The zero-order valence-electron chi connectivity index (χ0n) is 12.8. The minimum Gasteiger partial charge on any atom is -1.00 e. The van der Waals surface area contributed by atoms with Crippen LogP contribution in [0.25, 0.3) is 0 Å². The Balaban J connectivity index is 0. The fraction of sp³-hybridized carbons (Fsp3) is 0.750. The van der Waals surface area contributed by atoms with E-state index in [1.807, 2.05) is 0 Å². The van der Waals surface area contributed by atoms with E-state index in [0.717, 1.165) is 4.48 Å². The van der Waals surface area contributed by atoms with Crippen molar-refractivity contribution in [1.29, 1.82) is 0 Å². The Morgan fingerprint density at radius 3 is 1.44 bits per heavy atom. The van der Waals surface area contributed by atoms with Gasteiger partial charge < -0.3 is 12.4 Å². The van der Waals surface area contributed by atoms with Gasteiger partial charge in [-0.15, -0.1) is 0 Å². The molecule has 0 unspecified atom stereocenters. The van der Waals surface area contributed by atoms with Crippen molar-refractivity contribution in [3.8, 4) is 0 Å². The lowest BCUT2D eigenvalue weighted by Gasteiger charge is -2.19. The van der Waals surface area contributed by atoms with Gasteiger partial charge in [-0.25, -0.2) is 0 Å². The summed E-state index contributed by atoms with van der Waals surface area (Å²) in [5.41, 5.74) is 0. The lowest BCUT2D eigenvalue weighted by Crippen LogP contribution is -3.00. The molecule has 0 aromatic carbocycles. The molecule has 0 aliphatic heterocycles. The van der Waals surface area contributed by atoms with Crippen LogP contribution in [0.15, 0.2) is 24.6 Å². The molecule has 1 nitrogen and oxygen atoms in total. The molecule has 0 saturated heterocycles. The van der Waals surface area contributed by atoms with E-state index in [1.165, 1.54) is 51.4 Å². The first-order valence-electron chi connectivity index (χ1n) is 7.31. The van der Waals surface area contributed by atoms with Gasteiger partial charge in [0.05, 0.1) is 26.5 Å². The van der Waals surface area contributed by atoms with Gasteiger partial charge in [-0.05, 0) is 37.8 Å². The fourth-order valence-corrected chi connectivity index (χ4v) is 1.77. The smallest absolute Gasteiger partial charge is 0.0959 e. The van der Waals surface area contributed by atoms with Crippen molar-refractivity contribution in [2.75, 3.05) is 14.1 Å². The number of hydrogen-bond donors (Lipinski definition) is 0. The third-order valence-corrected chi connectivity index (χ3v) is 2.93. The van der Waals surface area contributed by atoms with Crippen molar-refractivity contribution >= 4 is 0 Å². The van der Waals surface area contributed by atoms with Crippen molar-refractivity contribution in [3.63, 3.8) is 0 Å². The van der Waals surface area contributed by atoms with Crippen molar-refractivity contribution < 1.29 is 16.9 Å². The molecular formula is C16H32ClN. The van der Waals surface area contributed by atoms with Gasteiger partial charge in [0.2, 0.25) is 0 Å². The topological polar surface area (TPSA) is 0 Å². The van der Waals surface area contributed by atoms with E-state index in [9.17, 15) is 0 Å². The van der Waals surface area contributed by atoms with E-state index >= 15 is 0 Å². The summed E-state index contributed by atoms with van der Waals surface area (Å²) >= 11 is 0. The molecule has 0 N–H and O–H groups in total. The molecule has 0 fully saturated rings. The number of allylic oxidation sites excluding steroid dienone is 2. The van der Waals surface area contributed by atoms with Crippen molar-refractivity contribution in [1.82, 2.24) is 0 Å². The second kappa shape index (κ2) is 13.2. The first kappa shape index (κ1) is 20.1. The van der Waals surface area contributed by atoms with Crippen LogP contribution >= 0.6 is 0 Å². The van der Waals surface area contributed by atoms with Gasteiger partial charge in [0.1, 0.15) is 0 Å². The maximum absolute atomic E-state index is 2.33. The predicted molar refractivity (Wildman–Crippen MR) is 78.7 cm³/mol. The highest BCUT2D eigenvalue weighted by molar-refractivity contribution is 4.80. The second-order valence-corrected chi connectivity index (χ2v) is 5.39. The van der Waals surface area contributed by atoms with Crippen LogP contribution in [0.1, 0.15) is 65.2 Å². The van der Waals surface area contributed by atoms with Crippen LogP contribution in [0.4, 0.5) is 0 Å². The summed E-state index contributed by atoms with van der Waals surface area (Å²) in [6.45, 7) is 4.51. The normalized spacial score (nSPS) is 12.2. The minimum absolute atomic E-state index is 0. The number of nitrogens with zero attached hydrogens (tertiary/aromatic N) is 1. The molecule has 0 amide bonds. The molecule has 0 rings (SSSR count). The SMILES string of the molecule is CCCCCC=C[N+](C)(C)C=CCCCCC.[Cl-]. The Hall–Kier alpha value is -0.270. The highest BCUT2D eigenvalue weighted by atomic mass is 35.5. The molecule has 0 heterocycles. The summed E-state index contributed by atoms with van der Waals surface area (Å²) in [5, 5.41) is 0. The Kier molecular flexibility index (Phi) is 14.7. The summed E-state index contributed by atoms with van der Waals surface area (Å²) in [5.74, 6) is 0. The van der Waals surface area contributed by atoms with Gasteiger partial charge in [-0.1, -0.05) is 39.5 Å². The molecular weight excluding hydrogens is 242 g/mol. The Bertz CT molecular complexity index is 197. The lowest BCUT2D eigenvalue weighted by atomic mass is 10.2. The number of rotatable bonds is 10. The summed E-state index contributed by atoms with van der Waals surface area (Å²) in [6, 6.07) is 0. The van der Waals surface area contributed by atoms with Gasteiger partial charge in [0.25, 0.3) is 0 Å². The molecule has 0 aliphatic rings. The zero-order chi connectivity index (χ0) is 13.0. The van der Waals surface area contributed by atoms with Crippen LogP contribution < -0.4 is 12.4 Å². The molecule has 18 heavy (non-hydrogen) atoms. The highest BCUT2D eigenvalue weighted by Crippen LogP contribution is 2.07. The molecule has 0 bridgehead atoms. The summed E-state index contributed by atoms with van der Waals surface area (Å²) in [6.07, 6.45) is 19.7. The summed E-state index contributed by atoms with van der Waals surface area (Å²) in [4.78, 5) is 0. The van der Waals surface area contributed by atoms with Crippen LogP contribution in [-0.4, -0.2) is 18.6 Å². The van der Waals surface area contributed by atoms with Crippen LogP contribution in [0.5, 0.6) is 0 Å². The first-order valence-corrected chi connectivity index (χ1v) is 7.31. The first-order chi connectivity index (χ1) is 8.12. The molecule has 0 aromatic rings. The number of unbranched alkanes of at least 4 members (excludes halogenated alkanes) is 6. The monoisotopic (exact) mass is 273 g/mol. The van der Waals surface area contributed by atoms with E-state index < -0.39 is 0 Å². The molecule has 0 spiro atoms. The largest absolute Gasteiger partial charge is 1.00 e. The lowest BCUT2D eigenvalue weighted by molar-refractivity contribution is -0.784. The molecule has 0 aliphatic carbocycles. The molecule has 0 atom stereocenters. The van der Waals surface area contributed by atoms with Crippen molar-refractivity contribution in [2.24, 2.45) is 0 Å². The van der Waals surface area contributed by atoms with Crippen LogP contribution in [0.3, 0.4) is 0 Å². The Morgan fingerprint density at radius 1 is 0.722 bits per heavy atom. The molecule has 0 radical (unpaired) electrons. The van der Waals surface area contributed by atoms with Gasteiger partial charge in [-0.3, -0.25) is 4.48 Å². The highest BCUT2D eigenvalue weighted by Gasteiger charge is 2.04. The molecule has 0 saturated carbocycles. The van der Waals surface area contributed by atoms with Crippen LogP contribution in [0, 0.1) is 0 Å². The van der Waals surface area contributed by atoms with Gasteiger partial charge in [0.15, 0.2) is 0 Å². The second-order valence-electron chi connectivity index (χ2n) is 5.39. The molecule has 2 heteroatoms. The average molecular weight is 274 g/mol. The maximum Gasteiger partial charge on any atom is 0.0959 e. The summed E-state index contributed by atoms with van der Waals surface area (Å²) < 4.78 is 0.873. The van der Waals surface area contributed by atoms with E-state index in [0.29, 0.717) is 0 Å². The minimum atomic E-state index is 0. The number of halogens is 1. The van der Waals surface area contributed by atoms with Crippen molar-refractivity contribution in [2.45, 2.75) is 65.2 Å². The van der Waals surface area contributed by atoms with Gasteiger partial charge >= 0.3 is 0 Å². The third-order valence-electron chi connectivity index (χ3n) is 2.93. The third kappa shape index (κ3) is 13.8. The van der Waals surface area contributed by atoms with Crippen molar-refractivity contribution in [3.05, 3.63) is 24.6 Å².